The Morgan fingerprint density at radius 3 is 2.40 bits per heavy atom. The number of nitrogens with one attached hydrogen (secondary N) is 1. The molecule has 1 aromatic rings. The summed E-state index contributed by atoms with van der Waals surface area (Å²) < 4.78 is 0. The van der Waals surface area contributed by atoms with Crippen LogP contribution in [0.4, 0.5) is 0 Å². The normalized spacial score (nSPS) is 11.9. The van der Waals surface area contributed by atoms with E-state index in [9.17, 15) is 0 Å². The summed E-state index contributed by atoms with van der Waals surface area (Å²) >= 11 is 0. The van der Waals surface area contributed by atoms with Gasteiger partial charge in [-0.3, -0.25) is 0 Å². The Balaban J connectivity index is 0.00000196. The van der Waals surface area contributed by atoms with Gasteiger partial charge in [0.1, 0.15) is 0 Å². The van der Waals surface area contributed by atoms with Crippen LogP contribution in [-0.4, -0.2) is 13.1 Å². The molecule has 0 aliphatic carbocycles. The SMILES string of the molecule is CCCNCCC(C)c1ccccc1.Cl. The molecule has 1 nitrogen and oxygen atoms in total. The first-order valence-electron chi connectivity index (χ1n) is 5.60. The topological polar surface area (TPSA) is 12.0 Å². The Morgan fingerprint density at radius 1 is 1.13 bits per heavy atom. The molecule has 0 aromatic heterocycles. The molecule has 0 aliphatic heterocycles. The van der Waals surface area contributed by atoms with Gasteiger partial charge in [0.15, 0.2) is 0 Å². The Hall–Kier alpha value is -0.530. The van der Waals surface area contributed by atoms with Crippen LogP contribution < -0.4 is 5.32 Å². The Morgan fingerprint density at radius 2 is 1.80 bits per heavy atom. The molecule has 2 heteroatoms. The first-order chi connectivity index (χ1) is 6.84. The van der Waals surface area contributed by atoms with Crippen LogP contribution in [0.3, 0.4) is 0 Å². The lowest BCUT2D eigenvalue weighted by atomic mass is 9.98. The molecule has 0 saturated heterocycles. The maximum atomic E-state index is 3.44. The van der Waals surface area contributed by atoms with Crippen LogP contribution in [0.2, 0.25) is 0 Å². The molecule has 15 heavy (non-hydrogen) atoms. The van der Waals surface area contributed by atoms with E-state index in [0.29, 0.717) is 5.92 Å². The predicted molar refractivity (Wildman–Crippen MR) is 69.9 cm³/mol. The number of rotatable bonds is 6. The molecule has 0 spiro atoms. The largest absolute Gasteiger partial charge is 0.317 e. The quantitative estimate of drug-likeness (QED) is 0.733. The van der Waals surface area contributed by atoms with Gasteiger partial charge >= 0.3 is 0 Å². The minimum atomic E-state index is 0. The van der Waals surface area contributed by atoms with E-state index in [1.54, 1.807) is 0 Å². The van der Waals surface area contributed by atoms with E-state index in [4.69, 9.17) is 0 Å². The molecule has 0 aliphatic rings. The van der Waals surface area contributed by atoms with Gasteiger partial charge in [0.05, 0.1) is 0 Å². The Kier molecular flexibility index (Phi) is 8.44. The second-order valence-electron chi connectivity index (χ2n) is 3.85. The van der Waals surface area contributed by atoms with E-state index in [2.05, 4.69) is 49.5 Å². The predicted octanol–water partition coefficient (Wildman–Crippen LogP) is 3.60. The molecule has 1 aromatic carbocycles. The Labute approximate surface area is 99.7 Å². The van der Waals surface area contributed by atoms with Crippen LogP contribution in [0, 0.1) is 0 Å². The van der Waals surface area contributed by atoms with Crippen molar-refractivity contribution in [3.8, 4) is 0 Å². The molecule has 0 fully saturated rings. The van der Waals surface area contributed by atoms with Crippen LogP contribution in [0.25, 0.3) is 0 Å². The van der Waals surface area contributed by atoms with E-state index in [-0.39, 0.29) is 12.4 Å². The van der Waals surface area contributed by atoms with Crippen LogP contribution >= 0.6 is 12.4 Å². The summed E-state index contributed by atoms with van der Waals surface area (Å²) in [5, 5.41) is 3.44. The molecule has 0 radical (unpaired) electrons. The van der Waals surface area contributed by atoms with Crippen LogP contribution in [0.1, 0.15) is 38.2 Å². The van der Waals surface area contributed by atoms with E-state index in [0.717, 1.165) is 13.1 Å². The third-order valence-electron chi connectivity index (χ3n) is 2.55. The summed E-state index contributed by atoms with van der Waals surface area (Å²) in [6, 6.07) is 10.7. The second kappa shape index (κ2) is 8.75. The van der Waals surface area contributed by atoms with Crippen LogP contribution in [0.15, 0.2) is 30.3 Å². The second-order valence-corrected chi connectivity index (χ2v) is 3.85. The van der Waals surface area contributed by atoms with Gasteiger partial charge in [0, 0.05) is 0 Å². The van der Waals surface area contributed by atoms with Gasteiger partial charge < -0.3 is 5.32 Å². The molecule has 0 saturated carbocycles. The summed E-state index contributed by atoms with van der Waals surface area (Å²) in [6.07, 6.45) is 2.45. The van der Waals surface area contributed by atoms with Crippen molar-refractivity contribution in [3.63, 3.8) is 0 Å². The average molecular weight is 228 g/mol. The van der Waals surface area contributed by atoms with Crippen LogP contribution in [-0.2, 0) is 0 Å². The molecule has 0 bridgehead atoms. The number of halogens is 1. The summed E-state index contributed by atoms with van der Waals surface area (Å²) in [6.45, 7) is 6.77. The van der Waals surface area contributed by atoms with Crippen molar-refractivity contribution in [1.29, 1.82) is 0 Å². The zero-order chi connectivity index (χ0) is 10.2. The lowest BCUT2D eigenvalue weighted by Crippen LogP contribution is -2.17. The molecular weight excluding hydrogens is 206 g/mol. The zero-order valence-corrected chi connectivity index (χ0v) is 10.5. The number of hydrogen-bond acceptors (Lipinski definition) is 1. The molecule has 1 unspecified atom stereocenters. The summed E-state index contributed by atoms with van der Waals surface area (Å²) in [7, 11) is 0. The molecule has 1 rings (SSSR count). The summed E-state index contributed by atoms with van der Waals surface area (Å²) in [4.78, 5) is 0. The van der Waals surface area contributed by atoms with E-state index < -0.39 is 0 Å². The van der Waals surface area contributed by atoms with Crippen molar-refractivity contribution in [2.75, 3.05) is 13.1 Å². The average Bonchev–Trinajstić information content (AvgIpc) is 2.25. The number of hydrogen-bond donors (Lipinski definition) is 1. The fraction of sp³-hybridized carbons (Fsp3) is 0.538. The van der Waals surface area contributed by atoms with Gasteiger partial charge in [-0.2, -0.15) is 0 Å². The van der Waals surface area contributed by atoms with Crippen molar-refractivity contribution in [3.05, 3.63) is 35.9 Å². The van der Waals surface area contributed by atoms with Gasteiger partial charge in [-0.25, -0.2) is 0 Å². The fourth-order valence-corrected chi connectivity index (χ4v) is 1.57. The van der Waals surface area contributed by atoms with Gasteiger partial charge in [-0.1, -0.05) is 44.2 Å². The van der Waals surface area contributed by atoms with Crippen molar-refractivity contribution >= 4 is 12.4 Å². The molecule has 86 valence electrons. The first kappa shape index (κ1) is 14.5. The molecule has 0 heterocycles. The third kappa shape index (κ3) is 5.81. The highest BCUT2D eigenvalue weighted by Crippen LogP contribution is 2.17. The third-order valence-corrected chi connectivity index (χ3v) is 2.55. The summed E-state index contributed by atoms with van der Waals surface area (Å²) in [5.41, 5.74) is 1.45. The number of benzene rings is 1. The van der Waals surface area contributed by atoms with Gasteiger partial charge in [-0.15, -0.1) is 12.4 Å². The standard InChI is InChI=1S/C13H21N.ClH/c1-3-10-14-11-9-12(2)13-7-5-4-6-8-13;/h4-8,12,14H,3,9-11H2,1-2H3;1H. The van der Waals surface area contributed by atoms with Crippen molar-refractivity contribution in [1.82, 2.24) is 5.32 Å². The molecule has 1 N–H and O–H groups in total. The summed E-state index contributed by atoms with van der Waals surface area (Å²) in [5.74, 6) is 0.667. The van der Waals surface area contributed by atoms with E-state index in [1.165, 1.54) is 18.4 Å². The molecular formula is C13H22ClN. The van der Waals surface area contributed by atoms with Crippen molar-refractivity contribution < 1.29 is 0 Å². The lowest BCUT2D eigenvalue weighted by molar-refractivity contribution is 0.591. The highest BCUT2D eigenvalue weighted by atomic mass is 35.5. The molecule has 1 atom stereocenters. The van der Waals surface area contributed by atoms with Crippen molar-refractivity contribution in [2.45, 2.75) is 32.6 Å². The van der Waals surface area contributed by atoms with Gasteiger partial charge in [-0.05, 0) is 37.4 Å². The van der Waals surface area contributed by atoms with E-state index >= 15 is 0 Å². The smallest absolute Gasteiger partial charge is 0.00432 e. The maximum absolute atomic E-state index is 3.44. The van der Waals surface area contributed by atoms with Crippen molar-refractivity contribution in [2.24, 2.45) is 0 Å². The van der Waals surface area contributed by atoms with Gasteiger partial charge in [0.25, 0.3) is 0 Å². The minimum absolute atomic E-state index is 0. The Bertz CT molecular complexity index is 236. The fourth-order valence-electron chi connectivity index (χ4n) is 1.57. The highest BCUT2D eigenvalue weighted by molar-refractivity contribution is 5.85. The highest BCUT2D eigenvalue weighted by Gasteiger charge is 2.03. The maximum Gasteiger partial charge on any atom is -0.00432 e. The van der Waals surface area contributed by atoms with Gasteiger partial charge in [0.2, 0.25) is 0 Å². The van der Waals surface area contributed by atoms with Crippen LogP contribution in [0.5, 0.6) is 0 Å². The first-order valence-corrected chi connectivity index (χ1v) is 5.60. The zero-order valence-electron chi connectivity index (χ0n) is 9.70. The van der Waals surface area contributed by atoms with E-state index in [1.807, 2.05) is 0 Å². The minimum Gasteiger partial charge on any atom is -0.317 e. The lowest BCUT2D eigenvalue weighted by Gasteiger charge is -2.11. The molecule has 0 amide bonds. The monoisotopic (exact) mass is 227 g/mol.